The Morgan fingerprint density at radius 2 is 1.45 bits per heavy atom. The molecule has 33 heavy (non-hydrogen) atoms. The summed E-state index contributed by atoms with van der Waals surface area (Å²) in [6.07, 6.45) is 3.05. The summed E-state index contributed by atoms with van der Waals surface area (Å²) in [5.41, 5.74) is 4.11. The average Bonchev–Trinajstić information content (AvgIpc) is 3.27. The van der Waals surface area contributed by atoms with Crippen LogP contribution in [0.4, 0.5) is 0 Å². The number of aliphatic hydroxyl groups is 1. The lowest BCUT2D eigenvalue weighted by atomic mass is 9.99. The molecule has 0 radical (unpaired) electrons. The minimum Gasteiger partial charge on any atom is -0.481 e. The van der Waals surface area contributed by atoms with Crippen molar-refractivity contribution in [3.63, 3.8) is 0 Å². The zero-order chi connectivity index (χ0) is 24.0. The summed E-state index contributed by atoms with van der Waals surface area (Å²) in [7, 11) is 0. The number of carbonyl (C=O) groups is 2. The van der Waals surface area contributed by atoms with Gasteiger partial charge in [-0.15, -0.1) is 0 Å². The standard InChI is InChI=1S/C27H32N2O4/c1-18(2)15-24(19(3)30)28-27(33)25(16-26(31)32)29-14-13-23(17-29)22-11-9-21(10-12-22)20-7-5-4-6-8-20/h4-14,17-19,24-25,30H,15-16H2,1-3H3,(H,28,33)(H,31,32)/t19-,24?,25?/m0/s1. The topological polar surface area (TPSA) is 91.6 Å². The van der Waals surface area contributed by atoms with Gasteiger partial charge in [0.05, 0.1) is 18.6 Å². The lowest BCUT2D eigenvalue weighted by Crippen LogP contribution is -2.46. The quantitative estimate of drug-likeness (QED) is 0.417. The van der Waals surface area contributed by atoms with E-state index < -0.39 is 30.1 Å². The predicted molar refractivity (Wildman–Crippen MR) is 130 cm³/mol. The molecule has 3 atom stereocenters. The smallest absolute Gasteiger partial charge is 0.306 e. The first kappa shape index (κ1) is 24.3. The van der Waals surface area contributed by atoms with Crippen LogP contribution in [0.5, 0.6) is 0 Å². The van der Waals surface area contributed by atoms with Gasteiger partial charge in [-0.25, -0.2) is 0 Å². The van der Waals surface area contributed by atoms with Crippen LogP contribution in [0.25, 0.3) is 22.3 Å². The van der Waals surface area contributed by atoms with Crippen LogP contribution in [-0.2, 0) is 9.59 Å². The minimum absolute atomic E-state index is 0.278. The summed E-state index contributed by atoms with van der Waals surface area (Å²) in [6.45, 7) is 5.65. The molecule has 0 saturated heterocycles. The van der Waals surface area contributed by atoms with E-state index in [-0.39, 0.29) is 12.3 Å². The Labute approximate surface area is 194 Å². The number of benzene rings is 2. The van der Waals surface area contributed by atoms with Crippen molar-refractivity contribution < 1.29 is 19.8 Å². The maximum atomic E-state index is 13.0. The molecule has 6 nitrogen and oxygen atoms in total. The fraction of sp³-hybridized carbons (Fsp3) is 0.333. The van der Waals surface area contributed by atoms with E-state index in [9.17, 15) is 19.8 Å². The molecule has 0 aliphatic heterocycles. The fourth-order valence-corrected chi connectivity index (χ4v) is 3.93. The second-order valence-electron chi connectivity index (χ2n) is 8.89. The highest BCUT2D eigenvalue weighted by molar-refractivity contribution is 5.85. The third kappa shape index (κ3) is 6.56. The average molecular weight is 449 g/mol. The number of aromatic nitrogens is 1. The lowest BCUT2D eigenvalue weighted by Gasteiger charge is -2.26. The fourth-order valence-electron chi connectivity index (χ4n) is 3.93. The van der Waals surface area contributed by atoms with Gasteiger partial charge in [-0.05, 0) is 47.6 Å². The van der Waals surface area contributed by atoms with E-state index in [1.165, 1.54) is 0 Å². The molecule has 3 aromatic rings. The number of rotatable bonds is 10. The molecule has 0 aliphatic rings. The largest absolute Gasteiger partial charge is 0.481 e. The number of carbonyl (C=O) groups excluding carboxylic acids is 1. The van der Waals surface area contributed by atoms with Gasteiger partial charge in [0.25, 0.3) is 0 Å². The monoisotopic (exact) mass is 448 g/mol. The van der Waals surface area contributed by atoms with Crippen LogP contribution in [0.2, 0.25) is 0 Å². The summed E-state index contributed by atoms with van der Waals surface area (Å²) in [5.74, 6) is -1.19. The summed E-state index contributed by atoms with van der Waals surface area (Å²) < 4.78 is 1.64. The molecule has 0 spiro atoms. The van der Waals surface area contributed by atoms with Crippen LogP contribution in [0.1, 0.15) is 39.7 Å². The molecule has 3 rings (SSSR count). The predicted octanol–water partition coefficient (Wildman–Crippen LogP) is 4.75. The second-order valence-corrected chi connectivity index (χ2v) is 8.89. The number of aliphatic carboxylic acids is 1. The Morgan fingerprint density at radius 1 is 0.879 bits per heavy atom. The summed E-state index contributed by atoms with van der Waals surface area (Å²) in [4.78, 5) is 24.5. The van der Waals surface area contributed by atoms with E-state index in [4.69, 9.17) is 0 Å². The Kier molecular flexibility index (Phi) is 8.06. The highest BCUT2D eigenvalue weighted by Gasteiger charge is 2.27. The number of amides is 1. The molecule has 2 unspecified atom stereocenters. The van der Waals surface area contributed by atoms with Crippen LogP contribution < -0.4 is 5.32 Å². The van der Waals surface area contributed by atoms with Gasteiger partial charge in [-0.2, -0.15) is 0 Å². The summed E-state index contributed by atoms with van der Waals surface area (Å²) in [5, 5.41) is 22.3. The third-order valence-corrected chi connectivity index (χ3v) is 5.71. The molecule has 2 aromatic carbocycles. The maximum Gasteiger partial charge on any atom is 0.306 e. The van der Waals surface area contributed by atoms with E-state index in [1.54, 1.807) is 23.9 Å². The second kappa shape index (κ2) is 11.0. The highest BCUT2D eigenvalue weighted by atomic mass is 16.4. The zero-order valence-electron chi connectivity index (χ0n) is 19.3. The number of carboxylic acid groups (broad SMARTS) is 1. The molecule has 0 aliphatic carbocycles. The van der Waals surface area contributed by atoms with Crippen LogP contribution in [0.3, 0.4) is 0 Å². The van der Waals surface area contributed by atoms with Crippen molar-refractivity contribution in [3.8, 4) is 22.3 Å². The van der Waals surface area contributed by atoms with Crippen LogP contribution >= 0.6 is 0 Å². The molecular formula is C27H32N2O4. The molecule has 6 heteroatoms. The van der Waals surface area contributed by atoms with Gasteiger partial charge in [-0.1, -0.05) is 68.4 Å². The van der Waals surface area contributed by atoms with Crippen molar-refractivity contribution in [2.45, 2.75) is 51.8 Å². The van der Waals surface area contributed by atoms with Gasteiger partial charge in [0.15, 0.2) is 0 Å². The van der Waals surface area contributed by atoms with E-state index in [1.807, 2.05) is 62.4 Å². The molecule has 1 amide bonds. The van der Waals surface area contributed by atoms with Gasteiger partial charge in [0.1, 0.15) is 6.04 Å². The van der Waals surface area contributed by atoms with Gasteiger partial charge in [0, 0.05) is 12.4 Å². The number of carboxylic acids is 1. The van der Waals surface area contributed by atoms with Crippen LogP contribution in [0.15, 0.2) is 73.1 Å². The summed E-state index contributed by atoms with van der Waals surface area (Å²) >= 11 is 0. The molecular weight excluding hydrogens is 416 g/mol. The van der Waals surface area contributed by atoms with Gasteiger partial charge < -0.3 is 20.1 Å². The highest BCUT2D eigenvalue weighted by Crippen LogP contribution is 2.27. The van der Waals surface area contributed by atoms with Crippen molar-refractivity contribution in [1.82, 2.24) is 9.88 Å². The first-order chi connectivity index (χ1) is 15.7. The van der Waals surface area contributed by atoms with Crippen LogP contribution in [-0.4, -0.2) is 38.8 Å². The number of hydrogen-bond acceptors (Lipinski definition) is 3. The number of hydrogen-bond donors (Lipinski definition) is 3. The number of aliphatic hydroxyl groups excluding tert-OH is 1. The van der Waals surface area contributed by atoms with Gasteiger partial charge in [0.2, 0.25) is 5.91 Å². The van der Waals surface area contributed by atoms with Crippen molar-refractivity contribution in [3.05, 3.63) is 73.1 Å². The third-order valence-electron chi connectivity index (χ3n) is 5.71. The number of nitrogens with one attached hydrogen (secondary N) is 1. The Hall–Kier alpha value is -3.38. The van der Waals surface area contributed by atoms with Crippen molar-refractivity contribution in [2.75, 3.05) is 0 Å². The van der Waals surface area contributed by atoms with E-state index in [0.717, 1.165) is 22.3 Å². The Balaban J connectivity index is 1.80. The zero-order valence-corrected chi connectivity index (χ0v) is 19.3. The number of nitrogens with zero attached hydrogens (tertiary/aromatic N) is 1. The van der Waals surface area contributed by atoms with Crippen molar-refractivity contribution in [1.29, 1.82) is 0 Å². The SMILES string of the molecule is CC(C)CC(NC(=O)C(CC(=O)O)n1ccc(-c2ccc(-c3ccccc3)cc2)c1)[C@H](C)O. The molecule has 1 aromatic heterocycles. The lowest BCUT2D eigenvalue weighted by molar-refractivity contribution is -0.141. The van der Waals surface area contributed by atoms with E-state index in [0.29, 0.717) is 6.42 Å². The molecule has 0 saturated carbocycles. The molecule has 1 heterocycles. The first-order valence-electron chi connectivity index (χ1n) is 11.3. The van der Waals surface area contributed by atoms with Crippen molar-refractivity contribution in [2.24, 2.45) is 5.92 Å². The maximum absolute atomic E-state index is 13.0. The van der Waals surface area contributed by atoms with Gasteiger partial charge in [-0.3, -0.25) is 9.59 Å². The van der Waals surface area contributed by atoms with Crippen LogP contribution in [0, 0.1) is 5.92 Å². The van der Waals surface area contributed by atoms with Gasteiger partial charge >= 0.3 is 5.97 Å². The Bertz CT molecular complexity index is 1060. The molecule has 174 valence electrons. The normalized spacial score (nSPS) is 14.0. The molecule has 3 N–H and O–H groups in total. The first-order valence-corrected chi connectivity index (χ1v) is 11.3. The van der Waals surface area contributed by atoms with E-state index >= 15 is 0 Å². The summed E-state index contributed by atoms with van der Waals surface area (Å²) in [6, 6.07) is 18.7. The van der Waals surface area contributed by atoms with E-state index in [2.05, 4.69) is 17.4 Å². The molecule has 0 fully saturated rings. The Morgan fingerprint density at radius 3 is 2.00 bits per heavy atom. The molecule has 0 bridgehead atoms. The van der Waals surface area contributed by atoms with Crippen molar-refractivity contribution >= 4 is 11.9 Å². The minimum atomic E-state index is -1.06.